The number of rotatable bonds is 18. The van der Waals surface area contributed by atoms with Crippen molar-refractivity contribution in [2.45, 2.75) is 157 Å². The van der Waals surface area contributed by atoms with Crippen molar-refractivity contribution in [2.24, 2.45) is 11.8 Å². The van der Waals surface area contributed by atoms with Crippen molar-refractivity contribution in [3.05, 3.63) is 69.3 Å². The van der Waals surface area contributed by atoms with Crippen LogP contribution in [0, 0.1) is 18.8 Å². The van der Waals surface area contributed by atoms with E-state index in [0.717, 1.165) is 114 Å². The van der Waals surface area contributed by atoms with Crippen LogP contribution in [0.1, 0.15) is 152 Å². The van der Waals surface area contributed by atoms with Crippen molar-refractivity contribution in [1.82, 2.24) is 0 Å². The van der Waals surface area contributed by atoms with Crippen molar-refractivity contribution in [2.75, 3.05) is 0 Å². The molecule has 4 nitrogen and oxygen atoms in total. The number of ether oxygens (including phenoxy) is 1. The van der Waals surface area contributed by atoms with E-state index < -0.39 is 5.60 Å². The molecule has 0 spiro atoms. The Bertz CT molecular complexity index is 1520. The highest BCUT2D eigenvalue weighted by Crippen LogP contribution is 2.52. The van der Waals surface area contributed by atoms with Gasteiger partial charge in [-0.1, -0.05) is 103 Å². The standard InChI is InChI=1S/C44H64O4/c1-9-11-13-18-32-27-39(45)36(22-20-30(5)17-15-16-29(3)4)42(47)34(32)23-24-35-33(19-14-12-10-2)28-40(46)41-37-26-31(6)21-25-38(37)44(7,8)48-43(35)41/h21,25-30,45-47H,9-20,22-24H2,1-8H3/t30-/m0/s1. The van der Waals surface area contributed by atoms with E-state index in [-0.39, 0.29) is 17.2 Å². The third kappa shape index (κ3) is 9.10. The third-order valence-electron chi connectivity index (χ3n) is 10.6. The molecule has 264 valence electrons. The maximum absolute atomic E-state index is 11.9. The van der Waals surface area contributed by atoms with E-state index in [1.165, 1.54) is 19.3 Å². The number of phenolic OH excluding ortho intramolecular Hbond substituents is 3. The zero-order valence-corrected chi connectivity index (χ0v) is 31.4. The Balaban J connectivity index is 1.74. The number of hydrogen-bond donors (Lipinski definition) is 3. The fourth-order valence-electron chi connectivity index (χ4n) is 7.64. The lowest BCUT2D eigenvalue weighted by molar-refractivity contribution is 0.103. The van der Waals surface area contributed by atoms with Crippen molar-refractivity contribution < 1.29 is 20.1 Å². The predicted molar refractivity (Wildman–Crippen MR) is 202 cm³/mol. The van der Waals surface area contributed by atoms with Gasteiger partial charge in [0, 0.05) is 11.1 Å². The molecule has 4 heteroatoms. The SMILES string of the molecule is CCCCCc1cc(O)c(CC[C@@H](C)CCCC(C)C)c(O)c1CCc1c(CCCCC)cc(O)c2c1OC(C)(C)c1ccc(C)cc1-2. The van der Waals surface area contributed by atoms with Gasteiger partial charge < -0.3 is 20.1 Å². The van der Waals surface area contributed by atoms with Crippen molar-refractivity contribution in [3.8, 4) is 34.1 Å². The van der Waals surface area contributed by atoms with Crippen LogP contribution < -0.4 is 4.74 Å². The van der Waals surface area contributed by atoms with Crippen molar-refractivity contribution >= 4 is 0 Å². The molecule has 0 amide bonds. The van der Waals surface area contributed by atoms with Crippen LogP contribution in [0.15, 0.2) is 30.3 Å². The summed E-state index contributed by atoms with van der Waals surface area (Å²) in [5.41, 5.74) is 8.47. The predicted octanol–water partition coefficient (Wildman–Crippen LogP) is 12.1. The molecule has 1 aliphatic rings. The molecule has 3 N–H and O–H groups in total. The van der Waals surface area contributed by atoms with Gasteiger partial charge in [-0.2, -0.15) is 0 Å². The van der Waals surface area contributed by atoms with Crippen molar-refractivity contribution in [3.63, 3.8) is 0 Å². The van der Waals surface area contributed by atoms with Crippen LogP contribution in [0.25, 0.3) is 11.1 Å². The summed E-state index contributed by atoms with van der Waals surface area (Å²) in [6, 6.07) is 10.3. The normalized spacial score (nSPS) is 14.1. The van der Waals surface area contributed by atoms with Crippen LogP contribution in [-0.2, 0) is 37.7 Å². The molecular weight excluding hydrogens is 592 g/mol. The summed E-state index contributed by atoms with van der Waals surface area (Å²) >= 11 is 0. The Morgan fingerprint density at radius 2 is 1.29 bits per heavy atom. The Morgan fingerprint density at radius 1 is 0.667 bits per heavy atom. The first-order chi connectivity index (χ1) is 22.9. The van der Waals surface area contributed by atoms with Gasteiger partial charge in [0.05, 0.1) is 5.56 Å². The molecule has 1 atom stereocenters. The van der Waals surface area contributed by atoms with Crippen LogP contribution in [0.5, 0.6) is 23.0 Å². The molecule has 3 aromatic carbocycles. The summed E-state index contributed by atoms with van der Waals surface area (Å²) in [4.78, 5) is 0. The number of aryl methyl sites for hydroxylation is 3. The Kier molecular flexibility index (Phi) is 13.3. The highest BCUT2D eigenvalue weighted by Gasteiger charge is 2.36. The molecule has 0 saturated carbocycles. The molecule has 48 heavy (non-hydrogen) atoms. The van der Waals surface area contributed by atoms with Gasteiger partial charge in [0.15, 0.2) is 0 Å². The number of unbranched alkanes of at least 4 members (excludes halogenated alkanes) is 4. The number of hydrogen-bond acceptors (Lipinski definition) is 4. The first-order valence-electron chi connectivity index (χ1n) is 19.1. The molecule has 4 rings (SSSR count). The van der Waals surface area contributed by atoms with E-state index in [1.807, 2.05) is 12.1 Å². The third-order valence-corrected chi connectivity index (χ3v) is 10.6. The minimum Gasteiger partial charge on any atom is -0.508 e. The van der Waals surface area contributed by atoms with Crippen LogP contribution >= 0.6 is 0 Å². The van der Waals surface area contributed by atoms with Crippen LogP contribution in [0.3, 0.4) is 0 Å². The molecule has 0 unspecified atom stereocenters. The molecule has 0 aliphatic carbocycles. The van der Waals surface area contributed by atoms with Gasteiger partial charge in [0.25, 0.3) is 0 Å². The second-order valence-electron chi connectivity index (χ2n) is 15.6. The Labute approximate surface area is 292 Å². The molecule has 0 bridgehead atoms. The first-order valence-corrected chi connectivity index (χ1v) is 19.1. The molecule has 3 aromatic rings. The summed E-state index contributed by atoms with van der Waals surface area (Å²) in [5.74, 6) is 2.83. The molecule has 0 fully saturated rings. The number of benzene rings is 3. The van der Waals surface area contributed by atoms with Gasteiger partial charge in [-0.25, -0.2) is 0 Å². The lowest BCUT2D eigenvalue weighted by Gasteiger charge is -2.37. The second-order valence-corrected chi connectivity index (χ2v) is 15.6. The van der Waals surface area contributed by atoms with Crippen LogP contribution in [0.2, 0.25) is 0 Å². The molecule has 0 saturated heterocycles. The van der Waals surface area contributed by atoms with E-state index in [4.69, 9.17) is 4.74 Å². The average Bonchev–Trinajstić information content (AvgIpc) is 3.01. The highest BCUT2D eigenvalue weighted by molar-refractivity contribution is 5.84. The Morgan fingerprint density at radius 3 is 1.94 bits per heavy atom. The van der Waals surface area contributed by atoms with Gasteiger partial charge in [0.1, 0.15) is 28.6 Å². The Hall–Kier alpha value is -3.14. The second kappa shape index (κ2) is 17.0. The largest absolute Gasteiger partial charge is 0.508 e. The molecular formula is C44H64O4. The quantitative estimate of drug-likeness (QED) is 0.119. The van der Waals surface area contributed by atoms with Gasteiger partial charge in [-0.15, -0.1) is 0 Å². The van der Waals surface area contributed by atoms with E-state index in [9.17, 15) is 15.3 Å². The fraction of sp³-hybridized carbons (Fsp3) is 0.591. The maximum atomic E-state index is 11.9. The summed E-state index contributed by atoms with van der Waals surface area (Å²) in [6.45, 7) is 17.6. The topological polar surface area (TPSA) is 69.9 Å². The molecule has 0 radical (unpaired) electrons. The molecule has 1 heterocycles. The number of aromatic hydroxyl groups is 3. The smallest absolute Gasteiger partial charge is 0.135 e. The van der Waals surface area contributed by atoms with Crippen LogP contribution in [-0.4, -0.2) is 15.3 Å². The summed E-state index contributed by atoms with van der Waals surface area (Å²) in [7, 11) is 0. The lowest BCUT2D eigenvalue weighted by Crippen LogP contribution is -2.30. The minimum atomic E-state index is -0.551. The van der Waals surface area contributed by atoms with E-state index in [1.54, 1.807) is 0 Å². The zero-order valence-electron chi connectivity index (χ0n) is 31.4. The van der Waals surface area contributed by atoms with Crippen LogP contribution in [0.4, 0.5) is 0 Å². The van der Waals surface area contributed by atoms with Gasteiger partial charge in [0.2, 0.25) is 0 Å². The zero-order chi connectivity index (χ0) is 35.0. The van der Waals surface area contributed by atoms with Gasteiger partial charge in [-0.3, -0.25) is 0 Å². The number of fused-ring (bicyclic) bond motifs is 3. The van der Waals surface area contributed by atoms with E-state index >= 15 is 0 Å². The van der Waals surface area contributed by atoms with Gasteiger partial charge in [-0.05, 0) is 124 Å². The minimum absolute atomic E-state index is 0.233. The lowest BCUT2D eigenvalue weighted by atomic mass is 9.81. The first kappa shape index (κ1) is 37.7. The summed E-state index contributed by atoms with van der Waals surface area (Å²) in [5, 5.41) is 34.6. The molecule has 1 aliphatic heterocycles. The monoisotopic (exact) mass is 656 g/mol. The summed E-state index contributed by atoms with van der Waals surface area (Å²) in [6.07, 6.45) is 14.9. The summed E-state index contributed by atoms with van der Waals surface area (Å²) < 4.78 is 6.87. The van der Waals surface area contributed by atoms with E-state index in [0.29, 0.717) is 30.7 Å². The fourth-order valence-corrected chi connectivity index (χ4v) is 7.64. The molecule has 0 aromatic heterocycles. The maximum Gasteiger partial charge on any atom is 0.135 e. The van der Waals surface area contributed by atoms with Gasteiger partial charge >= 0.3 is 0 Å². The van der Waals surface area contributed by atoms with Crippen molar-refractivity contribution in [1.29, 1.82) is 0 Å². The van der Waals surface area contributed by atoms with E-state index in [2.05, 4.69) is 73.6 Å². The average molecular weight is 657 g/mol. The highest BCUT2D eigenvalue weighted by atomic mass is 16.5. The number of phenols is 3.